The molecule has 0 aliphatic rings. The summed E-state index contributed by atoms with van der Waals surface area (Å²) in [5, 5.41) is 36.3. The molecule has 0 aliphatic heterocycles. The summed E-state index contributed by atoms with van der Waals surface area (Å²) >= 11 is 0. The topological polar surface area (TPSA) is 356 Å². The minimum atomic E-state index is -5.31. The number of para-hydroxylation sites is 1. The van der Waals surface area contributed by atoms with E-state index < -0.39 is 102 Å². The second kappa shape index (κ2) is 21.3. The first-order valence-corrected chi connectivity index (χ1v) is 21.0. The molecule has 0 fully saturated rings. The molecule has 0 spiro atoms. The van der Waals surface area contributed by atoms with Crippen molar-refractivity contribution >= 4 is 198 Å². The van der Waals surface area contributed by atoms with Crippen molar-refractivity contribution in [2.75, 3.05) is 16.8 Å². The van der Waals surface area contributed by atoms with E-state index in [2.05, 4.69) is 36.0 Å². The minimum Gasteiger partial charge on any atom is -0.505 e. The molecule has 0 aromatic heterocycles. The Morgan fingerprint density at radius 3 is 1.63 bits per heavy atom. The molecule has 0 aliphatic carbocycles. The van der Waals surface area contributed by atoms with E-state index >= 15 is 0 Å². The fraction of sp³-hybridized carbons (Fsp3) is 0.0556. The number of anilines is 3. The van der Waals surface area contributed by atoms with E-state index in [9.17, 15) is 53.6 Å². The van der Waals surface area contributed by atoms with Gasteiger partial charge in [-0.2, -0.15) is 40.6 Å². The summed E-state index contributed by atoms with van der Waals surface area (Å²) in [6.45, 7) is 1.17. The maximum absolute atomic E-state index is 12.7. The molecule has 1 atom stereocenters. The maximum atomic E-state index is 12.7. The number of phenols is 1. The average molecular weight is 945 g/mol. The molecule has 0 saturated carbocycles. The smallest absolute Gasteiger partial charge is 0.296 e. The van der Waals surface area contributed by atoms with Crippen molar-refractivity contribution in [3.63, 3.8) is 0 Å². The van der Waals surface area contributed by atoms with Gasteiger partial charge in [-0.05, 0) is 66.9 Å². The predicted octanol–water partition coefficient (Wildman–Crippen LogP) is 5.97. The largest absolute Gasteiger partial charge is 0.505 e. The Morgan fingerprint density at radius 2 is 1.10 bits per heavy atom. The molecule has 0 heterocycles. The third kappa shape index (κ3) is 12.2. The van der Waals surface area contributed by atoms with E-state index in [1.54, 1.807) is 30.3 Å². The predicted molar refractivity (Wildman–Crippen MR) is 234 cm³/mol. The number of fused-ring (bicyclic) bond motifs is 2. The first-order chi connectivity index (χ1) is 28.1. The number of aromatic hydroxyl groups is 1. The number of nitrogens with zero attached hydrogens (tertiary/aromatic N) is 6. The summed E-state index contributed by atoms with van der Waals surface area (Å²) in [7, 11) is -15.4. The van der Waals surface area contributed by atoms with Gasteiger partial charge in [-0.15, -0.1) is 15.3 Å². The van der Waals surface area contributed by atoms with Crippen molar-refractivity contribution in [2.24, 2.45) is 30.7 Å². The van der Waals surface area contributed by atoms with Crippen molar-refractivity contribution in [3.05, 3.63) is 97.1 Å². The van der Waals surface area contributed by atoms with Crippen LogP contribution < -0.4 is 16.8 Å². The van der Waals surface area contributed by atoms with Gasteiger partial charge in [0.05, 0.1) is 28.1 Å². The summed E-state index contributed by atoms with van der Waals surface area (Å²) < 4.78 is 105. The zero-order chi connectivity index (χ0) is 43.7. The number of Topliss-reactive ketones (excluding diaryl/α,β-unsaturated/α-hetero) is 1. The summed E-state index contributed by atoms with van der Waals surface area (Å²) in [4.78, 5) is 22.0. The van der Waals surface area contributed by atoms with Crippen LogP contribution in [0.15, 0.2) is 142 Å². The number of ketones is 1. The molecule has 27 heteroatoms. The molecule has 1 amide bonds. The normalized spacial score (nSPS) is 12.5. The van der Waals surface area contributed by atoms with Gasteiger partial charge in [0.2, 0.25) is 6.04 Å². The Hall–Kier alpha value is -4.09. The van der Waals surface area contributed by atoms with Gasteiger partial charge >= 0.3 is 0 Å². The molecular weight excluding hydrogens is 916 g/mol. The maximum Gasteiger partial charge on any atom is 0.296 e. The Balaban J connectivity index is 0.00000352. The van der Waals surface area contributed by atoms with Crippen LogP contribution in [0.5, 0.6) is 5.75 Å². The number of hydrogen-bond donors (Lipinski definition) is 7. The van der Waals surface area contributed by atoms with Crippen molar-refractivity contribution in [1.29, 1.82) is 0 Å². The van der Waals surface area contributed by atoms with Gasteiger partial charge in [-0.1, -0.05) is 42.5 Å². The van der Waals surface area contributed by atoms with Crippen molar-refractivity contribution < 1.29 is 53.6 Å². The molecule has 0 bridgehead atoms. The molecule has 21 nitrogen and oxygen atoms in total. The van der Waals surface area contributed by atoms with E-state index in [4.69, 9.17) is 11.5 Å². The molecule has 0 saturated heterocycles. The van der Waals surface area contributed by atoms with Gasteiger partial charge in [0.25, 0.3) is 36.3 Å². The summed E-state index contributed by atoms with van der Waals surface area (Å²) in [5.41, 5.74) is 10.1. The number of nitrogens with one attached hydrogen (secondary N) is 1. The van der Waals surface area contributed by atoms with Gasteiger partial charge in [-0.25, -0.2) is 0 Å². The third-order valence-electron chi connectivity index (χ3n) is 8.51. The monoisotopic (exact) mass is 944 g/mol. The van der Waals surface area contributed by atoms with Crippen molar-refractivity contribution in [2.45, 2.75) is 27.7 Å². The number of rotatable bonds is 12. The number of nitrogens with two attached hydrogens (primary N) is 2. The van der Waals surface area contributed by atoms with Crippen LogP contribution in [0.4, 0.5) is 45.5 Å². The molecule has 3 radical (unpaired) electrons. The zero-order valence-corrected chi connectivity index (χ0v) is 41.9. The molecule has 63 heavy (non-hydrogen) atoms. The number of azo groups is 3. The summed E-state index contributed by atoms with van der Waals surface area (Å²) in [6.07, 6.45) is 0. The fourth-order valence-corrected chi connectivity index (χ4v) is 7.77. The van der Waals surface area contributed by atoms with Gasteiger partial charge in [0.15, 0.2) is 11.5 Å². The number of carbonyl (C=O) groups is 2. The Morgan fingerprint density at radius 1 is 0.603 bits per heavy atom. The SMILES string of the molecule is CC(=O)C(N=Nc1ccc(N=Nc2c(S(=O)(=O)O)cc3cc(S(=O)(=O)O)c(N=Nc4cc(S(=O)(=O)O)c5ccccc5c4N)c(O)c3c2N)cc1)C(=O)Nc1ccccc1.[Na].[Na].[Na]. The molecule has 311 valence electrons. The quantitative estimate of drug-likeness (QED) is 0.0244. The van der Waals surface area contributed by atoms with Gasteiger partial charge in [-0.3, -0.25) is 23.2 Å². The van der Waals surface area contributed by atoms with E-state index in [-0.39, 0.29) is 117 Å². The van der Waals surface area contributed by atoms with Gasteiger partial charge < -0.3 is 21.9 Å². The van der Waals surface area contributed by atoms with E-state index in [1.807, 2.05) is 0 Å². The molecule has 9 N–H and O–H groups in total. The van der Waals surface area contributed by atoms with Crippen LogP contribution in [0, 0.1) is 0 Å². The van der Waals surface area contributed by atoms with Crippen LogP contribution in [0.1, 0.15) is 6.92 Å². The number of phenolic OH excluding ortho intramolecular Hbond substituents is 1. The van der Waals surface area contributed by atoms with Crippen LogP contribution in [0.3, 0.4) is 0 Å². The molecule has 6 aromatic carbocycles. The Labute approximate surface area is 424 Å². The Kier molecular flexibility index (Phi) is 18.0. The van der Waals surface area contributed by atoms with Crippen molar-refractivity contribution in [1.82, 2.24) is 0 Å². The molecule has 1 unspecified atom stereocenters. The standard InChI is InChI=1S/C36H29N9O12S3.3Na/c1-18(46)32(36(48)39-20-7-3-2-4-8-20)43-40-21-11-13-22(14-12-21)41-44-33-27(59(52,53)54)15-19-16-28(60(55,56)57)34(35(47)29(19)31(33)38)45-42-25-17-26(58(49,50)51)23-9-5-6-10-24(23)30(25)37;;;/h2-17,32,47H,37-38H2,1H3,(H,39,48)(H,49,50,51)(H,52,53,54)(H,55,56,57);;;. The van der Waals surface area contributed by atoms with E-state index in [0.29, 0.717) is 17.8 Å². The van der Waals surface area contributed by atoms with Crippen molar-refractivity contribution in [3.8, 4) is 5.75 Å². The second-order valence-electron chi connectivity index (χ2n) is 12.6. The summed E-state index contributed by atoms with van der Waals surface area (Å²) in [5.74, 6) is -2.41. The van der Waals surface area contributed by atoms with Crippen LogP contribution in [0.25, 0.3) is 21.5 Å². The van der Waals surface area contributed by atoms with Crippen LogP contribution in [0.2, 0.25) is 0 Å². The number of amides is 1. The number of benzene rings is 6. The van der Waals surface area contributed by atoms with Gasteiger partial charge in [0.1, 0.15) is 31.7 Å². The number of hydrogen-bond acceptors (Lipinski definition) is 17. The van der Waals surface area contributed by atoms with E-state index in [0.717, 1.165) is 6.07 Å². The number of nitrogen functional groups attached to an aromatic ring is 2. The molecular formula is C36H29N9Na3O12S3. The summed E-state index contributed by atoms with van der Waals surface area (Å²) in [6, 6.07) is 20.2. The Bertz CT molecular complexity index is 3200. The third-order valence-corrected chi connectivity index (χ3v) is 11.1. The second-order valence-corrected chi connectivity index (χ2v) is 16.8. The molecule has 6 aromatic rings. The first kappa shape index (κ1) is 53.2. The van der Waals surface area contributed by atoms with E-state index in [1.165, 1.54) is 55.5 Å². The van der Waals surface area contributed by atoms with Gasteiger partial charge in [0, 0.05) is 105 Å². The number of carbonyl (C=O) groups excluding carboxylic acids is 2. The first-order valence-electron chi connectivity index (χ1n) is 16.7. The van der Waals surface area contributed by atoms with Crippen LogP contribution in [-0.4, -0.2) is 150 Å². The average Bonchev–Trinajstić information content (AvgIpc) is 3.17. The minimum absolute atomic E-state index is 0. The molecule has 6 rings (SSSR count). The fourth-order valence-electron chi connectivity index (χ4n) is 5.72. The van der Waals surface area contributed by atoms with Crippen LogP contribution >= 0.6 is 0 Å². The van der Waals surface area contributed by atoms with Crippen LogP contribution in [-0.2, 0) is 39.9 Å². The zero-order valence-electron chi connectivity index (χ0n) is 33.4.